The van der Waals surface area contributed by atoms with Gasteiger partial charge in [0.1, 0.15) is 0 Å². The van der Waals surface area contributed by atoms with E-state index in [1.165, 1.54) is 0 Å². The zero-order valence-electron chi connectivity index (χ0n) is 7.27. The summed E-state index contributed by atoms with van der Waals surface area (Å²) in [5.74, 6) is 0.690. The second-order valence-corrected chi connectivity index (χ2v) is 2.85. The average Bonchev–Trinajstić information content (AvgIpc) is 1.81. The molecule has 0 spiro atoms. The van der Waals surface area contributed by atoms with Crippen molar-refractivity contribution in [3.05, 3.63) is 11.6 Å². The third-order valence-electron chi connectivity index (χ3n) is 1.37. The van der Waals surface area contributed by atoms with Crippen molar-refractivity contribution >= 4 is 5.78 Å². The van der Waals surface area contributed by atoms with Crippen molar-refractivity contribution in [2.75, 3.05) is 0 Å². The van der Waals surface area contributed by atoms with Crippen LogP contribution in [-0.2, 0) is 4.79 Å². The van der Waals surface area contributed by atoms with Gasteiger partial charge in [-0.3, -0.25) is 4.79 Å². The molecule has 0 atom stereocenters. The highest BCUT2D eigenvalue weighted by Crippen LogP contribution is 2.06. The molecular weight excluding hydrogens is 124 g/mol. The maximum absolute atomic E-state index is 10.8. The van der Waals surface area contributed by atoms with E-state index in [1.807, 2.05) is 13.0 Å². The first-order chi connectivity index (χ1) is 4.57. The number of rotatable bonds is 3. The van der Waals surface area contributed by atoms with Gasteiger partial charge in [-0.15, -0.1) is 0 Å². The van der Waals surface area contributed by atoms with Gasteiger partial charge in [-0.1, -0.05) is 26.8 Å². The molecule has 0 heterocycles. The summed E-state index contributed by atoms with van der Waals surface area (Å²) in [6, 6.07) is 0. The average molecular weight is 140 g/mol. The molecule has 0 fully saturated rings. The van der Waals surface area contributed by atoms with E-state index in [2.05, 4.69) is 13.8 Å². The zero-order valence-corrected chi connectivity index (χ0v) is 7.27. The lowest BCUT2D eigenvalue weighted by Gasteiger charge is -2.00. The predicted molar refractivity (Wildman–Crippen MR) is 43.9 cm³/mol. The van der Waals surface area contributed by atoms with E-state index < -0.39 is 0 Å². The molecule has 0 aromatic rings. The fourth-order valence-corrected chi connectivity index (χ4v) is 0.887. The third kappa shape index (κ3) is 3.44. The van der Waals surface area contributed by atoms with Crippen LogP contribution in [-0.4, -0.2) is 5.78 Å². The van der Waals surface area contributed by atoms with Gasteiger partial charge in [0.2, 0.25) is 0 Å². The molecule has 0 rings (SSSR count). The van der Waals surface area contributed by atoms with Crippen LogP contribution in [0.15, 0.2) is 11.6 Å². The number of hydrogen-bond acceptors (Lipinski definition) is 1. The zero-order chi connectivity index (χ0) is 8.15. The molecule has 0 aliphatic carbocycles. The third-order valence-corrected chi connectivity index (χ3v) is 1.37. The second-order valence-electron chi connectivity index (χ2n) is 2.85. The summed E-state index contributed by atoms with van der Waals surface area (Å²) in [7, 11) is 0. The Hall–Kier alpha value is -0.590. The first kappa shape index (κ1) is 9.41. The highest BCUT2D eigenvalue weighted by molar-refractivity contribution is 5.93. The Kier molecular flexibility index (Phi) is 4.01. The summed E-state index contributed by atoms with van der Waals surface area (Å²) in [6.07, 6.45) is 2.88. The lowest BCUT2D eigenvalue weighted by Crippen LogP contribution is -1.96. The van der Waals surface area contributed by atoms with Crippen LogP contribution >= 0.6 is 0 Å². The molecule has 0 N–H and O–H groups in total. The van der Waals surface area contributed by atoms with Crippen molar-refractivity contribution in [2.45, 2.75) is 34.1 Å². The standard InChI is InChI=1S/C9H16O/c1-5-9(8(4)10)6-7(2)3/h6-7H,5H2,1-4H3. The van der Waals surface area contributed by atoms with Crippen molar-refractivity contribution in [3.8, 4) is 0 Å². The van der Waals surface area contributed by atoms with Gasteiger partial charge in [-0.2, -0.15) is 0 Å². The lowest BCUT2D eigenvalue weighted by atomic mass is 10.0. The molecule has 0 radical (unpaired) electrons. The molecule has 0 saturated carbocycles. The van der Waals surface area contributed by atoms with E-state index in [9.17, 15) is 4.79 Å². The minimum absolute atomic E-state index is 0.205. The largest absolute Gasteiger partial charge is 0.295 e. The summed E-state index contributed by atoms with van der Waals surface area (Å²) in [5, 5.41) is 0. The van der Waals surface area contributed by atoms with Crippen LogP contribution in [0.25, 0.3) is 0 Å². The molecule has 0 bridgehead atoms. The summed E-state index contributed by atoms with van der Waals surface area (Å²) in [5.41, 5.74) is 0.954. The molecule has 0 unspecified atom stereocenters. The number of hydrogen-bond donors (Lipinski definition) is 0. The van der Waals surface area contributed by atoms with Crippen LogP contribution in [0.4, 0.5) is 0 Å². The van der Waals surface area contributed by atoms with Gasteiger partial charge in [-0.25, -0.2) is 0 Å². The van der Waals surface area contributed by atoms with E-state index in [1.54, 1.807) is 6.92 Å². The fourth-order valence-electron chi connectivity index (χ4n) is 0.887. The van der Waals surface area contributed by atoms with Gasteiger partial charge in [0.15, 0.2) is 5.78 Å². The molecule has 0 aromatic carbocycles. The monoisotopic (exact) mass is 140 g/mol. The van der Waals surface area contributed by atoms with Crippen LogP contribution in [0.1, 0.15) is 34.1 Å². The van der Waals surface area contributed by atoms with Gasteiger partial charge in [0.25, 0.3) is 0 Å². The SMILES string of the molecule is CCC(=CC(C)C)C(C)=O. The van der Waals surface area contributed by atoms with Gasteiger partial charge in [0.05, 0.1) is 0 Å². The van der Waals surface area contributed by atoms with Gasteiger partial charge >= 0.3 is 0 Å². The Labute approximate surface area is 63.1 Å². The number of carbonyl (C=O) groups is 1. The van der Waals surface area contributed by atoms with E-state index in [0.717, 1.165) is 12.0 Å². The molecular formula is C9H16O. The van der Waals surface area contributed by atoms with Crippen LogP contribution in [0.5, 0.6) is 0 Å². The highest BCUT2D eigenvalue weighted by Gasteiger charge is 2.00. The molecule has 0 amide bonds. The van der Waals surface area contributed by atoms with Crippen LogP contribution in [0.3, 0.4) is 0 Å². The topological polar surface area (TPSA) is 17.1 Å². The number of Topliss-reactive ketones (excluding diaryl/α,β-unsaturated/α-hetero) is 1. The van der Waals surface area contributed by atoms with Crippen molar-refractivity contribution < 1.29 is 4.79 Å². The summed E-state index contributed by atoms with van der Waals surface area (Å²) < 4.78 is 0. The van der Waals surface area contributed by atoms with Gasteiger partial charge < -0.3 is 0 Å². The second kappa shape index (κ2) is 4.26. The van der Waals surface area contributed by atoms with E-state index in [0.29, 0.717) is 5.92 Å². The summed E-state index contributed by atoms with van der Waals surface area (Å²) in [4.78, 5) is 10.8. The highest BCUT2D eigenvalue weighted by atomic mass is 16.1. The molecule has 0 saturated heterocycles. The Balaban J connectivity index is 4.19. The summed E-state index contributed by atoms with van der Waals surface area (Å²) >= 11 is 0. The van der Waals surface area contributed by atoms with E-state index >= 15 is 0 Å². The first-order valence-electron chi connectivity index (χ1n) is 3.79. The fraction of sp³-hybridized carbons (Fsp3) is 0.667. The van der Waals surface area contributed by atoms with Crippen molar-refractivity contribution in [1.29, 1.82) is 0 Å². The maximum Gasteiger partial charge on any atom is 0.155 e. The van der Waals surface area contributed by atoms with Crippen molar-refractivity contribution in [2.24, 2.45) is 5.92 Å². The Morgan fingerprint density at radius 3 is 2.10 bits per heavy atom. The van der Waals surface area contributed by atoms with Crippen LogP contribution < -0.4 is 0 Å². The minimum Gasteiger partial charge on any atom is -0.295 e. The molecule has 0 aromatic heterocycles. The van der Waals surface area contributed by atoms with Crippen LogP contribution in [0.2, 0.25) is 0 Å². The molecule has 58 valence electrons. The number of carbonyl (C=O) groups excluding carboxylic acids is 1. The van der Waals surface area contributed by atoms with Crippen LogP contribution in [0, 0.1) is 5.92 Å². The molecule has 1 heteroatoms. The van der Waals surface area contributed by atoms with Crippen molar-refractivity contribution in [1.82, 2.24) is 0 Å². The summed E-state index contributed by atoms with van der Waals surface area (Å²) in [6.45, 7) is 7.80. The Morgan fingerprint density at radius 1 is 1.50 bits per heavy atom. The maximum atomic E-state index is 10.8. The molecule has 1 nitrogen and oxygen atoms in total. The smallest absolute Gasteiger partial charge is 0.155 e. The van der Waals surface area contributed by atoms with Crippen molar-refractivity contribution in [3.63, 3.8) is 0 Å². The van der Waals surface area contributed by atoms with E-state index in [-0.39, 0.29) is 5.78 Å². The molecule has 0 aliphatic heterocycles. The normalized spacial score (nSPS) is 12.3. The Morgan fingerprint density at radius 2 is 2.00 bits per heavy atom. The molecule has 10 heavy (non-hydrogen) atoms. The predicted octanol–water partition coefficient (Wildman–Crippen LogP) is 2.57. The van der Waals surface area contributed by atoms with Gasteiger partial charge in [0, 0.05) is 0 Å². The van der Waals surface area contributed by atoms with E-state index in [4.69, 9.17) is 0 Å². The quantitative estimate of drug-likeness (QED) is 0.551. The van der Waals surface area contributed by atoms with Gasteiger partial charge in [-0.05, 0) is 24.8 Å². The lowest BCUT2D eigenvalue weighted by molar-refractivity contribution is -0.113. The molecule has 0 aliphatic rings. The Bertz CT molecular complexity index is 143. The first-order valence-corrected chi connectivity index (χ1v) is 3.79. The number of allylic oxidation sites excluding steroid dienone is 2. The minimum atomic E-state index is 0.205. The number of ketones is 1.